The largest absolute Gasteiger partial charge is 0.468 e. The van der Waals surface area contributed by atoms with E-state index in [-0.39, 0.29) is 42.5 Å². The number of likely N-dealkylation sites (tertiary alicyclic amines) is 1. The van der Waals surface area contributed by atoms with Gasteiger partial charge in [0.1, 0.15) is 5.76 Å². The van der Waals surface area contributed by atoms with Crippen LogP contribution >= 0.6 is 24.0 Å². The number of aliphatic imine (C=N–C) groups is 1. The first-order valence-electron chi connectivity index (χ1n) is 10.8. The second-order valence-electron chi connectivity index (χ2n) is 7.52. The molecule has 7 nitrogen and oxygen atoms in total. The molecule has 2 aromatic rings. The summed E-state index contributed by atoms with van der Waals surface area (Å²) in [5.41, 5.74) is 1.21. The van der Waals surface area contributed by atoms with E-state index in [0.29, 0.717) is 19.0 Å². The number of carbonyl (C=O) groups excluding carboxylic acids is 1. The molecule has 2 heterocycles. The van der Waals surface area contributed by atoms with Crippen molar-refractivity contribution in [1.29, 1.82) is 0 Å². The van der Waals surface area contributed by atoms with Crippen molar-refractivity contribution in [2.45, 2.75) is 31.7 Å². The van der Waals surface area contributed by atoms with Gasteiger partial charge in [-0.3, -0.25) is 14.7 Å². The average molecular weight is 539 g/mol. The third-order valence-corrected chi connectivity index (χ3v) is 5.38. The minimum Gasteiger partial charge on any atom is -0.468 e. The monoisotopic (exact) mass is 539 g/mol. The first-order chi connectivity index (χ1) is 14.8. The van der Waals surface area contributed by atoms with Gasteiger partial charge in [-0.05, 0) is 50.0 Å². The van der Waals surface area contributed by atoms with Crippen molar-refractivity contribution in [2.75, 3.05) is 39.8 Å². The number of hydrogen-bond donors (Lipinski definition) is 3. The minimum atomic E-state index is -0.0486. The van der Waals surface area contributed by atoms with E-state index in [1.807, 2.05) is 30.3 Å². The second-order valence-corrected chi connectivity index (χ2v) is 7.52. The summed E-state index contributed by atoms with van der Waals surface area (Å²) in [7, 11) is 1.71. The summed E-state index contributed by atoms with van der Waals surface area (Å²) in [4.78, 5) is 18.9. The molecular weight excluding hydrogens is 505 g/mol. The number of piperidine rings is 1. The van der Waals surface area contributed by atoms with Crippen LogP contribution in [0.4, 0.5) is 0 Å². The molecule has 3 rings (SSSR count). The molecule has 31 heavy (non-hydrogen) atoms. The van der Waals surface area contributed by atoms with Gasteiger partial charge in [0, 0.05) is 20.1 Å². The van der Waals surface area contributed by atoms with Crippen LogP contribution in [-0.4, -0.2) is 56.5 Å². The molecule has 0 radical (unpaired) electrons. The first-order valence-corrected chi connectivity index (χ1v) is 10.8. The Bertz CT molecular complexity index is 777. The maximum Gasteiger partial charge on any atom is 0.239 e. The number of amides is 1. The van der Waals surface area contributed by atoms with Crippen molar-refractivity contribution in [3.8, 4) is 0 Å². The van der Waals surface area contributed by atoms with Gasteiger partial charge >= 0.3 is 0 Å². The first kappa shape index (κ1) is 25.2. The van der Waals surface area contributed by atoms with Gasteiger partial charge in [0.25, 0.3) is 0 Å². The second kappa shape index (κ2) is 14.1. The Kier molecular flexibility index (Phi) is 11.4. The molecule has 8 heteroatoms. The molecule has 1 aliphatic rings. The molecule has 1 saturated heterocycles. The van der Waals surface area contributed by atoms with E-state index in [2.05, 4.69) is 38.0 Å². The fourth-order valence-corrected chi connectivity index (χ4v) is 3.75. The van der Waals surface area contributed by atoms with Crippen LogP contribution in [0.2, 0.25) is 0 Å². The lowest BCUT2D eigenvalue weighted by atomic mass is 10.1. The van der Waals surface area contributed by atoms with Gasteiger partial charge in [0.05, 0.1) is 18.8 Å². The van der Waals surface area contributed by atoms with Crippen LogP contribution in [0.1, 0.15) is 36.6 Å². The highest BCUT2D eigenvalue weighted by molar-refractivity contribution is 14.0. The third kappa shape index (κ3) is 8.53. The number of furan rings is 1. The Morgan fingerprint density at radius 3 is 2.52 bits per heavy atom. The number of nitrogens with one attached hydrogen (secondary N) is 3. The summed E-state index contributed by atoms with van der Waals surface area (Å²) in [5, 5.41) is 9.39. The van der Waals surface area contributed by atoms with Crippen LogP contribution in [0.15, 0.2) is 58.1 Å². The molecule has 1 amide bonds. The molecule has 1 aromatic heterocycles. The zero-order chi connectivity index (χ0) is 21.0. The Morgan fingerprint density at radius 1 is 1.06 bits per heavy atom. The van der Waals surface area contributed by atoms with Gasteiger partial charge < -0.3 is 20.4 Å². The van der Waals surface area contributed by atoms with Crippen molar-refractivity contribution in [3.05, 3.63) is 60.1 Å². The van der Waals surface area contributed by atoms with E-state index >= 15 is 0 Å². The van der Waals surface area contributed by atoms with Crippen molar-refractivity contribution in [2.24, 2.45) is 4.99 Å². The SMILES string of the molecule is CN=C(NCC(=O)NCCc1ccccc1)NCC(c1ccco1)N1CCCCC1.I. The molecule has 0 aliphatic carbocycles. The summed E-state index contributed by atoms with van der Waals surface area (Å²) in [6.45, 7) is 3.62. The van der Waals surface area contributed by atoms with Crippen LogP contribution < -0.4 is 16.0 Å². The van der Waals surface area contributed by atoms with Crippen molar-refractivity contribution < 1.29 is 9.21 Å². The third-order valence-electron chi connectivity index (χ3n) is 5.38. The van der Waals surface area contributed by atoms with Crippen LogP contribution in [-0.2, 0) is 11.2 Å². The number of halogens is 1. The molecule has 0 bridgehead atoms. The smallest absolute Gasteiger partial charge is 0.239 e. The van der Waals surface area contributed by atoms with Crippen LogP contribution in [0, 0.1) is 0 Å². The van der Waals surface area contributed by atoms with E-state index in [4.69, 9.17) is 4.42 Å². The van der Waals surface area contributed by atoms with Crippen molar-refractivity contribution in [1.82, 2.24) is 20.9 Å². The van der Waals surface area contributed by atoms with E-state index in [0.717, 1.165) is 25.3 Å². The molecule has 1 aliphatic heterocycles. The van der Waals surface area contributed by atoms with E-state index in [1.54, 1.807) is 13.3 Å². The van der Waals surface area contributed by atoms with Gasteiger partial charge in [0.15, 0.2) is 5.96 Å². The van der Waals surface area contributed by atoms with Crippen LogP contribution in [0.3, 0.4) is 0 Å². The Morgan fingerprint density at radius 2 is 1.84 bits per heavy atom. The summed E-state index contributed by atoms with van der Waals surface area (Å²) < 4.78 is 5.69. The number of nitrogens with zero attached hydrogens (tertiary/aromatic N) is 2. The molecule has 0 saturated carbocycles. The van der Waals surface area contributed by atoms with Gasteiger partial charge in [0.2, 0.25) is 5.91 Å². The maximum absolute atomic E-state index is 12.1. The fraction of sp³-hybridized carbons (Fsp3) is 0.478. The van der Waals surface area contributed by atoms with Gasteiger partial charge in [-0.15, -0.1) is 24.0 Å². The lowest BCUT2D eigenvalue weighted by Crippen LogP contribution is -2.47. The lowest BCUT2D eigenvalue weighted by Gasteiger charge is -2.33. The van der Waals surface area contributed by atoms with Crippen LogP contribution in [0.5, 0.6) is 0 Å². The van der Waals surface area contributed by atoms with E-state index < -0.39 is 0 Å². The number of hydrogen-bond acceptors (Lipinski definition) is 4. The molecule has 3 N–H and O–H groups in total. The van der Waals surface area contributed by atoms with Crippen LogP contribution in [0.25, 0.3) is 0 Å². The van der Waals surface area contributed by atoms with Gasteiger partial charge in [-0.2, -0.15) is 0 Å². The number of carbonyl (C=O) groups is 1. The fourth-order valence-electron chi connectivity index (χ4n) is 3.75. The minimum absolute atomic E-state index is 0. The van der Waals surface area contributed by atoms with Gasteiger partial charge in [-0.25, -0.2) is 0 Å². The summed E-state index contributed by atoms with van der Waals surface area (Å²) in [6.07, 6.45) is 6.26. The maximum atomic E-state index is 12.1. The zero-order valence-corrected chi connectivity index (χ0v) is 20.5. The molecule has 0 spiro atoms. The normalized spacial score (nSPS) is 15.6. The predicted octanol–water partition coefficient (Wildman–Crippen LogP) is 2.95. The zero-order valence-electron chi connectivity index (χ0n) is 18.2. The topological polar surface area (TPSA) is 81.9 Å². The lowest BCUT2D eigenvalue weighted by molar-refractivity contribution is -0.119. The quantitative estimate of drug-likeness (QED) is 0.260. The summed E-state index contributed by atoms with van der Waals surface area (Å²) in [6, 6.07) is 14.2. The molecule has 1 atom stereocenters. The van der Waals surface area contributed by atoms with E-state index in [9.17, 15) is 4.79 Å². The van der Waals surface area contributed by atoms with E-state index in [1.165, 1.54) is 24.8 Å². The Balaban J connectivity index is 0.00000341. The highest BCUT2D eigenvalue weighted by atomic mass is 127. The van der Waals surface area contributed by atoms with Crippen molar-refractivity contribution in [3.63, 3.8) is 0 Å². The van der Waals surface area contributed by atoms with Gasteiger partial charge in [-0.1, -0.05) is 36.8 Å². The number of benzene rings is 1. The molecular formula is C23H34IN5O2. The molecule has 1 aromatic carbocycles. The summed E-state index contributed by atoms with van der Waals surface area (Å²) in [5.74, 6) is 1.52. The molecule has 1 fully saturated rings. The summed E-state index contributed by atoms with van der Waals surface area (Å²) >= 11 is 0. The number of guanidine groups is 1. The van der Waals surface area contributed by atoms with Crippen molar-refractivity contribution >= 4 is 35.8 Å². The Labute approximate surface area is 202 Å². The molecule has 1 unspecified atom stereocenters. The average Bonchev–Trinajstić information content (AvgIpc) is 3.32. The number of rotatable bonds is 9. The predicted molar refractivity (Wildman–Crippen MR) is 135 cm³/mol. The molecule has 170 valence electrons. The standard InChI is InChI=1S/C23H33N5O2.HI/c1-24-23(27-18-22(29)25-13-12-19-9-4-2-5-10-19)26-17-20(21-11-8-16-30-21)28-14-6-3-7-15-28;/h2,4-5,8-11,16,20H,3,6-7,12-15,17-18H2,1H3,(H,25,29)(H2,24,26,27);1H. The highest BCUT2D eigenvalue weighted by Gasteiger charge is 2.24. The Hall–Kier alpha value is -2.07. The highest BCUT2D eigenvalue weighted by Crippen LogP contribution is 2.24.